The topological polar surface area (TPSA) is 124 Å². The first-order chi connectivity index (χ1) is 16.3. The third-order valence-electron chi connectivity index (χ3n) is 5.85. The molecule has 188 valence electrons. The van der Waals surface area contributed by atoms with Gasteiger partial charge in [-0.05, 0) is 25.5 Å². The molecule has 0 aliphatic carbocycles. The number of hydrogen-bond donors (Lipinski definition) is 3. The summed E-state index contributed by atoms with van der Waals surface area (Å²) in [6, 6.07) is 4.92. The van der Waals surface area contributed by atoms with Gasteiger partial charge in [-0.25, -0.2) is 4.39 Å². The van der Waals surface area contributed by atoms with Crippen LogP contribution < -0.4 is 15.0 Å². The molecule has 34 heavy (non-hydrogen) atoms. The Morgan fingerprint density at radius 1 is 1.26 bits per heavy atom. The molecular formula is C23H34FN5O5. The van der Waals surface area contributed by atoms with Crippen LogP contribution in [0.5, 0.6) is 5.75 Å². The summed E-state index contributed by atoms with van der Waals surface area (Å²) < 4.78 is 25.4. The van der Waals surface area contributed by atoms with E-state index in [-0.39, 0.29) is 24.1 Å². The molecule has 1 fully saturated rings. The van der Waals surface area contributed by atoms with Crippen molar-refractivity contribution < 1.29 is 28.7 Å². The van der Waals surface area contributed by atoms with Crippen LogP contribution in [-0.4, -0.2) is 89.2 Å². The number of rotatable bonds is 11. The highest BCUT2D eigenvalue weighted by atomic mass is 19.1. The summed E-state index contributed by atoms with van der Waals surface area (Å²) in [5.74, 6) is -0.0801. The molecule has 0 saturated carbocycles. The Balaban J connectivity index is 1.41. The standard InChI is InChI=1S/C23H34FN5O5/c1-15(2)21-26-23(34-27-21)29-9-7-28(8-10-29)16(3)6-11-33-18-4-5-19(20(24)12-18)22(32)25-13-17(31)14-30/h4-5,12,15-17,30-31H,6-11,13-14H2,1-3H3,(H,25,32)/t16?,17-/m0/s1. The molecule has 2 heterocycles. The zero-order chi connectivity index (χ0) is 24.7. The Hall–Kier alpha value is -2.76. The van der Waals surface area contributed by atoms with Crippen LogP contribution in [-0.2, 0) is 0 Å². The molecule has 1 aromatic carbocycles. The quantitative estimate of drug-likeness (QED) is 0.439. The maximum absolute atomic E-state index is 14.3. The van der Waals surface area contributed by atoms with Crippen molar-refractivity contribution in [3.63, 3.8) is 0 Å². The van der Waals surface area contributed by atoms with E-state index in [0.29, 0.717) is 24.2 Å². The van der Waals surface area contributed by atoms with Crippen molar-refractivity contribution in [2.45, 2.75) is 45.3 Å². The van der Waals surface area contributed by atoms with Gasteiger partial charge in [0.15, 0.2) is 5.82 Å². The second-order valence-corrected chi connectivity index (χ2v) is 8.79. The number of nitrogens with zero attached hydrogens (tertiary/aromatic N) is 4. The zero-order valence-electron chi connectivity index (χ0n) is 19.9. The molecule has 0 bridgehead atoms. The Morgan fingerprint density at radius 2 is 2.00 bits per heavy atom. The number of anilines is 1. The van der Waals surface area contributed by atoms with Crippen molar-refractivity contribution in [2.75, 3.05) is 50.8 Å². The van der Waals surface area contributed by atoms with Crippen molar-refractivity contribution in [2.24, 2.45) is 0 Å². The Labute approximate surface area is 198 Å². The molecule has 10 nitrogen and oxygen atoms in total. The molecule has 1 aliphatic rings. The highest BCUT2D eigenvalue weighted by molar-refractivity contribution is 5.94. The number of benzene rings is 1. The fourth-order valence-electron chi connectivity index (χ4n) is 3.61. The highest BCUT2D eigenvalue weighted by Crippen LogP contribution is 2.20. The molecule has 3 rings (SSSR count). The van der Waals surface area contributed by atoms with Crippen molar-refractivity contribution in [3.05, 3.63) is 35.4 Å². The predicted octanol–water partition coefficient (Wildman–Crippen LogP) is 1.39. The largest absolute Gasteiger partial charge is 0.493 e. The van der Waals surface area contributed by atoms with Crippen LogP contribution in [0.3, 0.4) is 0 Å². The molecule has 0 radical (unpaired) electrons. The molecule has 1 amide bonds. The monoisotopic (exact) mass is 479 g/mol. The van der Waals surface area contributed by atoms with Gasteiger partial charge < -0.3 is 29.7 Å². The lowest BCUT2D eigenvalue weighted by Gasteiger charge is -2.37. The maximum atomic E-state index is 14.3. The van der Waals surface area contributed by atoms with E-state index in [1.807, 2.05) is 13.8 Å². The lowest BCUT2D eigenvalue weighted by Crippen LogP contribution is -2.50. The van der Waals surface area contributed by atoms with E-state index in [1.165, 1.54) is 12.1 Å². The molecule has 1 unspecified atom stereocenters. The summed E-state index contributed by atoms with van der Waals surface area (Å²) in [4.78, 5) is 20.9. The first-order valence-electron chi connectivity index (χ1n) is 11.6. The minimum absolute atomic E-state index is 0.148. The number of carbonyl (C=O) groups is 1. The van der Waals surface area contributed by atoms with Crippen LogP contribution in [0.25, 0.3) is 0 Å². The van der Waals surface area contributed by atoms with Crippen molar-refractivity contribution >= 4 is 11.9 Å². The van der Waals surface area contributed by atoms with Crippen LogP contribution in [0.1, 0.15) is 49.3 Å². The summed E-state index contributed by atoms with van der Waals surface area (Å²) in [6.07, 6.45) is -0.322. The molecule has 3 N–H and O–H groups in total. The number of piperazine rings is 1. The van der Waals surface area contributed by atoms with Gasteiger partial charge in [0, 0.05) is 50.7 Å². The van der Waals surface area contributed by atoms with Gasteiger partial charge in [0.1, 0.15) is 11.6 Å². The van der Waals surface area contributed by atoms with E-state index in [1.54, 1.807) is 6.07 Å². The number of amides is 1. The van der Waals surface area contributed by atoms with Crippen LogP contribution in [0.15, 0.2) is 22.7 Å². The SMILES string of the molecule is CC(C)c1noc(N2CCN(C(C)CCOc3ccc(C(=O)NC[C@H](O)CO)c(F)c3)CC2)n1. The van der Waals surface area contributed by atoms with Crippen molar-refractivity contribution in [3.8, 4) is 5.75 Å². The number of aromatic nitrogens is 2. The summed E-state index contributed by atoms with van der Waals surface area (Å²) in [5, 5.41) is 24.5. The van der Waals surface area contributed by atoms with Gasteiger partial charge in [-0.15, -0.1) is 0 Å². The Kier molecular flexibility index (Phi) is 9.20. The summed E-state index contributed by atoms with van der Waals surface area (Å²) in [7, 11) is 0. The molecule has 1 saturated heterocycles. The number of aliphatic hydroxyl groups is 2. The van der Waals surface area contributed by atoms with E-state index in [0.717, 1.165) is 32.6 Å². The predicted molar refractivity (Wildman–Crippen MR) is 124 cm³/mol. The van der Waals surface area contributed by atoms with Crippen molar-refractivity contribution in [1.29, 1.82) is 0 Å². The minimum Gasteiger partial charge on any atom is -0.493 e. The van der Waals surface area contributed by atoms with E-state index in [4.69, 9.17) is 14.4 Å². The molecule has 2 aromatic rings. The van der Waals surface area contributed by atoms with Crippen molar-refractivity contribution in [1.82, 2.24) is 20.4 Å². The first-order valence-corrected chi connectivity index (χ1v) is 11.6. The molecule has 1 aliphatic heterocycles. The van der Waals surface area contributed by atoms with Gasteiger partial charge in [-0.1, -0.05) is 19.0 Å². The highest BCUT2D eigenvalue weighted by Gasteiger charge is 2.24. The fourth-order valence-corrected chi connectivity index (χ4v) is 3.61. The van der Waals surface area contributed by atoms with Gasteiger partial charge in [0.25, 0.3) is 5.91 Å². The fraction of sp³-hybridized carbons (Fsp3) is 0.609. The third-order valence-corrected chi connectivity index (χ3v) is 5.85. The Bertz CT molecular complexity index is 932. The smallest absolute Gasteiger partial charge is 0.324 e. The van der Waals surface area contributed by atoms with Crippen LogP contribution in [0.2, 0.25) is 0 Å². The molecular weight excluding hydrogens is 445 g/mol. The summed E-state index contributed by atoms with van der Waals surface area (Å²) in [5.41, 5.74) is -0.148. The maximum Gasteiger partial charge on any atom is 0.324 e. The van der Waals surface area contributed by atoms with Gasteiger partial charge in [0.05, 0.1) is 24.9 Å². The van der Waals surface area contributed by atoms with E-state index < -0.39 is 24.4 Å². The normalized spacial score (nSPS) is 16.5. The molecule has 11 heteroatoms. The number of carbonyl (C=O) groups excluding carboxylic acids is 1. The lowest BCUT2D eigenvalue weighted by molar-refractivity contribution is 0.0799. The van der Waals surface area contributed by atoms with E-state index >= 15 is 0 Å². The van der Waals surface area contributed by atoms with Crippen LogP contribution in [0, 0.1) is 5.82 Å². The third kappa shape index (κ3) is 6.87. The number of halogens is 1. The van der Waals surface area contributed by atoms with Gasteiger partial charge in [-0.2, -0.15) is 4.98 Å². The van der Waals surface area contributed by atoms with E-state index in [2.05, 4.69) is 32.2 Å². The molecule has 2 atom stereocenters. The van der Waals surface area contributed by atoms with E-state index in [9.17, 15) is 14.3 Å². The lowest BCUT2D eigenvalue weighted by atomic mass is 10.1. The average Bonchev–Trinajstić information content (AvgIpc) is 3.33. The average molecular weight is 480 g/mol. The summed E-state index contributed by atoms with van der Waals surface area (Å²) >= 11 is 0. The molecule has 1 aromatic heterocycles. The second-order valence-electron chi connectivity index (χ2n) is 8.79. The minimum atomic E-state index is -1.09. The Morgan fingerprint density at radius 3 is 2.62 bits per heavy atom. The summed E-state index contributed by atoms with van der Waals surface area (Å²) in [6.45, 7) is 9.30. The number of hydrogen-bond acceptors (Lipinski definition) is 9. The van der Waals surface area contributed by atoms with Crippen LogP contribution in [0.4, 0.5) is 10.4 Å². The van der Waals surface area contributed by atoms with Crippen LogP contribution >= 0.6 is 0 Å². The van der Waals surface area contributed by atoms with Gasteiger partial charge in [0.2, 0.25) is 0 Å². The first kappa shape index (κ1) is 25.9. The van der Waals surface area contributed by atoms with Gasteiger partial charge >= 0.3 is 6.01 Å². The number of nitrogens with one attached hydrogen (secondary N) is 1. The number of aliphatic hydroxyl groups excluding tert-OH is 2. The molecule has 0 spiro atoms. The van der Waals surface area contributed by atoms with Gasteiger partial charge in [-0.3, -0.25) is 9.69 Å². The number of ether oxygens (including phenoxy) is 1. The zero-order valence-corrected chi connectivity index (χ0v) is 19.9. The second kappa shape index (κ2) is 12.1.